The molecule has 1 atom stereocenters. The summed E-state index contributed by atoms with van der Waals surface area (Å²) in [4.78, 5) is 28.3. The van der Waals surface area contributed by atoms with Crippen molar-refractivity contribution in [2.45, 2.75) is 238 Å². The number of guanidine groups is 1. The summed E-state index contributed by atoms with van der Waals surface area (Å²) in [5, 5.41) is 14.5. The Morgan fingerprint density at radius 2 is 0.849 bits per heavy atom. The largest absolute Gasteiger partial charge is 0.480 e. The van der Waals surface area contributed by atoms with Crippen LogP contribution in [0.4, 0.5) is 0 Å². The van der Waals surface area contributed by atoms with E-state index < -0.39 is 12.0 Å². The van der Waals surface area contributed by atoms with Crippen molar-refractivity contribution < 1.29 is 14.7 Å². The Morgan fingerprint density at radius 3 is 1.15 bits per heavy atom. The Morgan fingerprint density at radius 1 is 0.528 bits per heavy atom. The van der Waals surface area contributed by atoms with Crippen molar-refractivity contribution in [3.63, 3.8) is 0 Å². The zero-order valence-electron chi connectivity index (χ0n) is 35.3. The smallest absolute Gasteiger partial charge is 0.326 e. The molecule has 0 spiro atoms. The van der Waals surface area contributed by atoms with Gasteiger partial charge in [0, 0.05) is 19.6 Å². The molecular formula is C44H90N6O3. The Hall–Kier alpha value is -1.87. The zero-order valence-corrected chi connectivity index (χ0v) is 35.3. The number of carboxylic acids is 1. The maximum atomic E-state index is 12.7. The molecule has 0 fully saturated rings. The number of unbranched alkanes of at least 4 members (excludes halogenated alkanes) is 30. The summed E-state index contributed by atoms with van der Waals surface area (Å²) in [7, 11) is 0. The lowest BCUT2D eigenvalue weighted by Crippen LogP contribution is -2.49. The number of carbonyl (C=O) groups is 2. The minimum absolute atomic E-state index is 0.0149. The molecule has 0 saturated carbocycles. The van der Waals surface area contributed by atoms with Gasteiger partial charge in [0.2, 0.25) is 5.91 Å². The standard InChI is InChI=1S/C44H90N6O3/c1-3-5-7-9-11-13-15-17-19-21-23-25-27-29-31-33-38-50(48-40-42(51)49-41(43(52)53)36-35-37-47-44(45)46)39-34-32-30-28-26-24-22-20-18-16-14-12-10-8-6-4-2/h41,48H,3-40H2,1-2H3,(H,49,51)(H,52,53)(H4,45,46,47). The molecule has 7 N–H and O–H groups in total. The first-order valence-corrected chi connectivity index (χ1v) is 23.0. The maximum absolute atomic E-state index is 12.7. The fraction of sp³-hybridized carbons (Fsp3) is 0.932. The highest BCUT2D eigenvalue weighted by molar-refractivity contribution is 5.84. The highest BCUT2D eigenvalue weighted by Crippen LogP contribution is 2.16. The SMILES string of the molecule is CCCCCCCCCCCCCCCCCCN(CCCCCCCCCCCCCCCCCC)NCC(=O)NC(CCCN=C(N)N)C(=O)O. The average Bonchev–Trinajstić information content (AvgIpc) is 3.14. The van der Waals surface area contributed by atoms with Crippen molar-refractivity contribution in [1.29, 1.82) is 0 Å². The number of rotatable bonds is 43. The molecule has 9 heteroatoms. The second-order valence-corrected chi connectivity index (χ2v) is 15.8. The van der Waals surface area contributed by atoms with E-state index in [9.17, 15) is 14.7 Å². The Balaban J connectivity index is 4.28. The first kappa shape index (κ1) is 51.1. The number of hydrogen-bond donors (Lipinski definition) is 5. The molecule has 9 nitrogen and oxygen atoms in total. The lowest BCUT2D eigenvalue weighted by molar-refractivity contribution is -0.142. The second kappa shape index (κ2) is 41.3. The lowest BCUT2D eigenvalue weighted by atomic mass is 10.0. The first-order chi connectivity index (χ1) is 25.9. The fourth-order valence-corrected chi connectivity index (χ4v) is 7.16. The molecule has 0 aromatic rings. The van der Waals surface area contributed by atoms with E-state index in [2.05, 4.69) is 34.6 Å². The fourth-order valence-electron chi connectivity index (χ4n) is 7.16. The van der Waals surface area contributed by atoms with Crippen LogP contribution in [0.25, 0.3) is 0 Å². The van der Waals surface area contributed by atoms with Gasteiger partial charge in [0.05, 0.1) is 6.54 Å². The van der Waals surface area contributed by atoms with Crippen molar-refractivity contribution >= 4 is 17.8 Å². The molecule has 0 aromatic carbocycles. The summed E-state index contributed by atoms with van der Waals surface area (Å²) in [6.45, 7) is 6.80. The van der Waals surface area contributed by atoms with Gasteiger partial charge in [0.1, 0.15) is 6.04 Å². The van der Waals surface area contributed by atoms with Crippen molar-refractivity contribution in [2.75, 3.05) is 26.2 Å². The van der Waals surface area contributed by atoms with Crippen molar-refractivity contribution in [3.8, 4) is 0 Å². The summed E-state index contributed by atoms with van der Waals surface area (Å²) < 4.78 is 0. The highest BCUT2D eigenvalue weighted by atomic mass is 16.4. The van der Waals surface area contributed by atoms with Gasteiger partial charge in [-0.25, -0.2) is 15.2 Å². The third-order valence-corrected chi connectivity index (χ3v) is 10.6. The number of nitrogens with two attached hydrogens (primary N) is 2. The van der Waals surface area contributed by atoms with Crippen LogP contribution in [0.3, 0.4) is 0 Å². The molecule has 0 bridgehead atoms. The van der Waals surface area contributed by atoms with Crippen LogP contribution in [0.1, 0.15) is 232 Å². The number of carboxylic acid groups (broad SMARTS) is 1. The van der Waals surface area contributed by atoms with Gasteiger partial charge in [-0.05, 0) is 25.7 Å². The van der Waals surface area contributed by atoms with E-state index in [1.807, 2.05) is 0 Å². The molecule has 0 aliphatic rings. The van der Waals surface area contributed by atoms with Gasteiger partial charge < -0.3 is 21.9 Å². The Bertz CT molecular complexity index is 787. The number of nitrogens with zero attached hydrogens (tertiary/aromatic N) is 2. The highest BCUT2D eigenvalue weighted by Gasteiger charge is 2.19. The summed E-state index contributed by atoms with van der Waals surface area (Å²) in [5.74, 6) is -1.36. The second-order valence-electron chi connectivity index (χ2n) is 15.8. The van der Waals surface area contributed by atoms with E-state index >= 15 is 0 Å². The van der Waals surface area contributed by atoms with Crippen LogP contribution in [0.15, 0.2) is 4.99 Å². The number of nitrogens with one attached hydrogen (secondary N) is 2. The van der Waals surface area contributed by atoms with Crippen LogP contribution in [0.5, 0.6) is 0 Å². The predicted octanol–water partition coefficient (Wildman–Crippen LogP) is 10.9. The van der Waals surface area contributed by atoms with E-state index in [-0.39, 0.29) is 24.8 Å². The van der Waals surface area contributed by atoms with Gasteiger partial charge in [-0.3, -0.25) is 9.79 Å². The molecule has 0 heterocycles. The quantitative estimate of drug-likeness (QED) is 0.0180. The monoisotopic (exact) mass is 751 g/mol. The molecule has 0 radical (unpaired) electrons. The predicted molar refractivity (Wildman–Crippen MR) is 228 cm³/mol. The van der Waals surface area contributed by atoms with Crippen LogP contribution in [-0.4, -0.2) is 60.2 Å². The van der Waals surface area contributed by atoms with Crippen LogP contribution in [-0.2, 0) is 9.59 Å². The first-order valence-electron chi connectivity index (χ1n) is 23.0. The summed E-state index contributed by atoms with van der Waals surface area (Å²) >= 11 is 0. The average molecular weight is 751 g/mol. The number of aliphatic imine (C=N–C) groups is 1. The molecular weight excluding hydrogens is 661 g/mol. The van der Waals surface area contributed by atoms with Gasteiger partial charge in [-0.1, -0.05) is 206 Å². The Kier molecular flexibility index (Phi) is 39.8. The number of carbonyl (C=O) groups excluding carboxylic acids is 1. The minimum Gasteiger partial charge on any atom is -0.480 e. The van der Waals surface area contributed by atoms with Gasteiger partial charge in [-0.2, -0.15) is 0 Å². The summed E-state index contributed by atoms with van der Waals surface area (Å²) in [6.07, 6.45) is 44.0. The number of hydrogen-bond acceptors (Lipinski definition) is 5. The molecule has 1 unspecified atom stereocenters. The van der Waals surface area contributed by atoms with Crippen molar-refractivity contribution in [2.24, 2.45) is 16.5 Å². The number of amides is 1. The van der Waals surface area contributed by atoms with Crippen LogP contribution in [0.2, 0.25) is 0 Å². The maximum Gasteiger partial charge on any atom is 0.326 e. The van der Waals surface area contributed by atoms with Crippen LogP contribution >= 0.6 is 0 Å². The van der Waals surface area contributed by atoms with Gasteiger partial charge in [-0.15, -0.1) is 0 Å². The lowest BCUT2D eigenvalue weighted by Gasteiger charge is -2.24. The van der Waals surface area contributed by atoms with E-state index in [0.717, 1.165) is 25.9 Å². The third kappa shape index (κ3) is 39.6. The number of aliphatic carboxylic acids is 1. The minimum atomic E-state index is -1.04. The van der Waals surface area contributed by atoms with Crippen LogP contribution in [0, 0.1) is 0 Å². The molecule has 1 amide bonds. The molecule has 0 aliphatic heterocycles. The van der Waals surface area contributed by atoms with E-state index in [4.69, 9.17) is 11.5 Å². The van der Waals surface area contributed by atoms with E-state index in [1.54, 1.807) is 0 Å². The summed E-state index contributed by atoms with van der Waals surface area (Å²) in [5.41, 5.74) is 14.0. The van der Waals surface area contributed by atoms with Crippen molar-refractivity contribution in [1.82, 2.24) is 15.8 Å². The zero-order chi connectivity index (χ0) is 38.9. The van der Waals surface area contributed by atoms with Gasteiger partial charge >= 0.3 is 5.97 Å². The topological polar surface area (TPSA) is 146 Å². The van der Waals surface area contributed by atoms with E-state index in [1.165, 1.54) is 193 Å². The molecule has 0 aromatic heterocycles. The molecule has 0 saturated heterocycles. The van der Waals surface area contributed by atoms with E-state index in [0.29, 0.717) is 13.0 Å². The van der Waals surface area contributed by atoms with Gasteiger partial charge in [0.25, 0.3) is 0 Å². The van der Waals surface area contributed by atoms with Crippen molar-refractivity contribution in [3.05, 3.63) is 0 Å². The van der Waals surface area contributed by atoms with Gasteiger partial charge in [0.15, 0.2) is 5.96 Å². The Labute approximate surface area is 328 Å². The van der Waals surface area contributed by atoms with Crippen LogP contribution < -0.4 is 22.2 Å². The number of hydrazine groups is 1. The molecule has 0 aliphatic carbocycles. The molecule has 0 rings (SSSR count). The third-order valence-electron chi connectivity index (χ3n) is 10.6. The molecule has 53 heavy (non-hydrogen) atoms. The normalized spacial score (nSPS) is 12.0. The molecule has 314 valence electrons. The summed E-state index contributed by atoms with van der Waals surface area (Å²) in [6, 6.07) is -0.951.